The minimum atomic E-state index is -0.640. The molecule has 8 nitrogen and oxygen atoms in total. The summed E-state index contributed by atoms with van der Waals surface area (Å²) in [4.78, 5) is 32.0. The molecule has 3 aromatic rings. The van der Waals surface area contributed by atoms with Crippen LogP contribution < -0.4 is 5.32 Å². The fourth-order valence-corrected chi connectivity index (χ4v) is 2.24. The van der Waals surface area contributed by atoms with Crippen molar-refractivity contribution in [3.63, 3.8) is 0 Å². The van der Waals surface area contributed by atoms with Gasteiger partial charge < -0.3 is 14.6 Å². The Balaban J connectivity index is 1.72. The first kappa shape index (κ1) is 18.2. The van der Waals surface area contributed by atoms with Crippen LogP contribution in [0.1, 0.15) is 39.8 Å². The van der Waals surface area contributed by atoms with Gasteiger partial charge in [-0.05, 0) is 43.3 Å². The van der Waals surface area contributed by atoms with E-state index in [2.05, 4.69) is 25.2 Å². The average Bonchev–Trinajstić information content (AvgIpc) is 3.18. The Bertz CT molecular complexity index is 972. The van der Waals surface area contributed by atoms with Gasteiger partial charge in [0.25, 0.3) is 5.91 Å². The molecule has 0 aliphatic rings. The van der Waals surface area contributed by atoms with Crippen molar-refractivity contribution < 1.29 is 23.2 Å². The van der Waals surface area contributed by atoms with Gasteiger partial charge in [-0.15, -0.1) is 0 Å². The summed E-state index contributed by atoms with van der Waals surface area (Å²) in [7, 11) is 1.23. The van der Waals surface area contributed by atoms with Crippen molar-refractivity contribution in [1.82, 2.24) is 20.4 Å². The first-order chi connectivity index (χ1) is 13.0. The van der Waals surface area contributed by atoms with E-state index in [-0.39, 0.29) is 28.9 Å². The highest BCUT2D eigenvalue weighted by atomic mass is 19.1. The molecule has 0 saturated heterocycles. The minimum absolute atomic E-state index is 0.0224. The summed E-state index contributed by atoms with van der Waals surface area (Å²) in [6.45, 7) is 1.66. The van der Waals surface area contributed by atoms with Gasteiger partial charge in [-0.1, -0.05) is 11.2 Å². The lowest BCUT2D eigenvalue weighted by Gasteiger charge is -2.09. The van der Waals surface area contributed by atoms with Crippen LogP contribution in [-0.4, -0.2) is 34.1 Å². The molecule has 1 atom stereocenters. The van der Waals surface area contributed by atoms with Crippen molar-refractivity contribution in [2.75, 3.05) is 7.11 Å². The van der Waals surface area contributed by atoms with E-state index in [9.17, 15) is 14.0 Å². The molecular formula is C18H15FN4O4. The molecule has 2 aromatic heterocycles. The molecule has 1 unspecified atom stereocenters. The standard InChI is InChI=1S/C18H15FN4O4/c1-10(17-22-15(23-27-17)11-6-8-12(19)9-7-11)20-16(24)13-4-3-5-14(21-13)18(25)26-2/h3-10H,1-2H3,(H,20,24). The fourth-order valence-electron chi connectivity index (χ4n) is 2.24. The Kier molecular flexibility index (Phi) is 5.20. The van der Waals surface area contributed by atoms with E-state index in [0.29, 0.717) is 5.56 Å². The highest BCUT2D eigenvalue weighted by Gasteiger charge is 2.20. The predicted molar refractivity (Wildman–Crippen MR) is 91.1 cm³/mol. The summed E-state index contributed by atoms with van der Waals surface area (Å²) in [5.41, 5.74) is 0.648. The van der Waals surface area contributed by atoms with E-state index in [1.807, 2.05) is 0 Å². The number of hydrogen-bond donors (Lipinski definition) is 1. The second-order valence-electron chi connectivity index (χ2n) is 5.56. The normalized spacial score (nSPS) is 11.7. The van der Waals surface area contributed by atoms with Crippen LogP contribution in [0.25, 0.3) is 11.4 Å². The monoisotopic (exact) mass is 370 g/mol. The molecule has 0 aliphatic carbocycles. The van der Waals surface area contributed by atoms with Gasteiger partial charge in [0.05, 0.1) is 7.11 Å². The number of esters is 1. The third kappa shape index (κ3) is 4.14. The third-order valence-electron chi connectivity index (χ3n) is 3.64. The highest BCUT2D eigenvalue weighted by Crippen LogP contribution is 2.19. The largest absolute Gasteiger partial charge is 0.464 e. The Labute approximate surface area is 153 Å². The van der Waals surface area contributed by atoms with Crippen molar-refractivity contribution >= 4 is 11.9 Å². The van der Waals surface area contributed by atoms with Crippen molar-refractivity contribution in [2.24, 2.45) is 0 Å². The van der Waals surface area contributed by atoms with Crippen molar-refractivity contribution in [1.29, 1.82) is 0 Å². The van der Waals surface area contributed by atoms with E-state index in [1.165, 1.54) is 49.6 Å². The molecule has 1 aromatic carbocycles. The first-order valence-corrected chi connectivity index (χ1v) is 7.93. The van der Waals surface area contributed by atoms with E-state index >= 15 is 0 Å². The zero-order valence-electron chi connectivity index (χ0n) is 14.5. The minimum Gasteiger partial charge on any atom is -0.464 e. The number of carbonyl (C=O) groups is 2. The smallest absolute Gasteiger partial charge is 0.356 e. The van der Waals surface area contributed by atoms with E-state index < -0.39 is 17.9 Å². The number of nitrogens with one attached hydrogen (secondary N) is 1. The number of pyridine rings is 1. The van der Waals surface area contributed by atoms with Gasteiger partial charge in [-0.2, -0.15) is 4.98 Å². The van der Waals surface area contributed by atoms with Crippen LogP contribution in [0.4, 0.5) is 4.39 Å². The summed E-state index contributed by atoms with van der Waals surface area (Å²) in [5.74, 6) is -1.08. The molecule has 1 amide bonds. The quantitative estimate of drug-likeness (QED) is 0.688. The van der Waals surface area contributed by atoms with Crippen LogP contribution in [0.15, 0.2) is 47.0 Å². The number of rotatable bonds is 5. The number of nitrogens with zero attached hydrogens (tertiary/aromatic N) is 3. The number of halogens is 1. The van der Waals surface area contributed by atoms with Crippen LogP contribution in [-0.2, 0) is 4.74 Å². The Morgan fingerprint density at radius 1 is 1.11 bits per heavy atom. The lowest BCUT2D eigenvalue weighted by Crippen LogP contribution is -2.28. The van der Waals surface area contributed by atoms with Gasteiger partial charge >= 0.3 is 5.97 Å². The molecule has 0 bridgehead atoms. The maximum Gasteiger partial charge on any atom is 0.356 e. The average molecular weight is 370 g/mol. The van der Waals surface area contributed by atoms with Crippen molar-refractivity contribution in [3.05, 3.63) is 65.6 Å². The van der Waals surface area contributed by atoms with Gasteiger partial charge in [-0.25, -0.2) is 14.2 Å². The van der Waals surface area contributed by atoms with Gasteiger partial charge in [0.2, 0.25) is 11.7 Å². The number of ether oxygens (including phenoxy) is 1. The summed E-state index contributed by atoms with van der Waals surface area (Å²) in [6.07, 6.45) is 0. The Morgan fingerprint density at radius 3 is 2.52 bits per heavy atom. The number of hydrogen-bond acceptors (Lipinski definition) is 7. The SMILES string of the molecule is COC(=O)c1cccc(C(=O)NC(C)c2nc(-c3ccc(F)cc3)no2)n1. The number of methoxy groups -OCH3 is 1. The summed E-state index contributed by atoms with van der Waals surface area (Å²) >= 11 is 0. The summed E-state index contributed by atoms with van der Waals surface area (Å²) in [5, 5.41) is 6.49. The molecule has 27 heavy (non-hydrogen) atoms. The van der Waals surface area contributed by atoms with Crippen LogP contribution in [0.3, 0.4) is 0 Å². The predicted octanol–water partition coefficient (Wildman–Crippen LogP) is 2.55. The van der Waals surface area contributed by atoms with Crippen LogP contribution >= 0.6 is 0 Å². The number of benzene rings is 1. The third-order valence-corrected chi connectivity index (χ3v) is 3.64. The summed E-state index contributed by atoms with van der Waals surface area (Å²) < 4.78 is 22.7. The second-order valence-corrected chi connectivity index (χ2v) is 5.56. The molecule has 1 N–H and O–H groups in total. The van der Waals surface area contributed by atoms with E-state index in [4.69, 9.17) is 4.52 Å². The fraction of sp³-hybridized carbons (Fsp3) is 0.167. The zero-order chi connectivity index (χ0) is 19.4. The number of carbonyl (C=O) groups excluding carboxylic acids is 2. The van der Waals surface area contributed by atoms with Crippen LogP contribution in [0, 0.1) is 5.82 Å². The van der Waals surface area contributed by atoms with Crippen molar-refractivity contribution in [2.45, 2.75) is 13.0 Å². The van der Waals surface area contributed by atoms with Gasteiger partial charge in [-0.3, -0.25) is 4.79 Å². The Morgan fingerprint density at radius 2 is 1.81 bits per heavy atom. The lowest BCUT2D eigenvalue weighted by atomic mass is 10.2. The molecule has 3 rings (SSSR count). The van der Waals surface area contributed by atoms with Gasteiger partial charge in [0.15, 0.2) is 0 Å². The Hall–Kier alpha value is -3.62. The molecule has 2 heterocycles. The van der Waals surface area contributed by atoms with Crippen LogP contribution in [0.5, 0.6) is 0 Å². The van der Waals surface area contributed by atoms with E-state index in [0.717, 1.165) is 0 Å². The molecule has 0 spiro atoms. The molecule has 0 radical (unpaired) electrons. The first-order valence-electron chi connectivity index (χ1n) is 7.93. The zero-order valence-corrected chi connectivity index (χ0v) is 14.5. The maximum absolute atomic E-state index is 13.0. The second kappa shape index (κ2) is 7.73. The molecule has 0 aliphatic heterocycles. The topological polar surface area (TPSA) is 107 Å². The highest BCUT2D eigenvalue weighted by molar-refractivity contribution is 5.94. The summed E-state index contributed by atoms with van der Waals surface area (Å²) in [6, 6.07) is 9.45. The molecule has 0 fully saturated rings. The maximum atomic E-state index is 13.0. The van der Waals surface area contributed by atoms with Gasteiger partial charge in [0.1, 0.15) is 23.2 Å². The van der Waals surface area contributed by atoms with Crippen LogP contribution in [0.2, 0.25) is 0 Å². The van der Waals surface area contributed by atoms with Gasteiger partial charge in [0, 0.05) is 5.56 Å². The van der Waals surface area contributed by atoms with E-state index in [1.54, 1.807) is 6.92 Å². The molecule has 138 valence electrons. The molecule has 0 saturated carbocycles. The molecule has 9 heteroatoms. The van der Waals surface area contributed by atoms with Crippen molar-refractivity contribution in [3.8, 4) is 11.4 Å². The lowest BCUT2D eigenvalue weighted by molar-refractivity contribution is 0.0594. The number of aromatic nitrogens is 3. The number of amides is 1. The molecular weight excluding hydrogens is 355 g/mol.